The van der Waals surface area contributed by atoms with Gasteiger partial charge in [0.2, 0.25) is 11.7 Å². The Hall–Kier alpha value is -2.93. The Labute approximate surface area is 178 Å². The lowest BCUT2D eigenvalue weighted by atomic mass is 10.0. The molecule has 0 N–H and O–H groups in total. The number of hydrogen-bond donors (Lipinski definition) is 0. The second-order valence-electron chi connectivity index (χ2n) is 6.88. The average molecular weight is 434 g/mol. The lowest BCUT2D eigenvalue weighted by molar-refractivity contribution is -0.151. The van der Waals surface area contributed by atoms with Crippen molar-refractivity contribution >= 4 is 34.9 Å². The molecule has 2 atom stereocenters. The second-order valence-corrected chi connectivity index (χ2v) is 7.26. The van der Waals surface area contributed by atoms with E-state index >= 15 is 0 Å². The van der Waals surface area contributed by atoms with Crippen LogP contribution < -0.4 is 9.64 Å². The van der Waals surface area contributed by atoms with Crippen molar-refractivity contribution in [2.75, 3.05) is 24.4 Å². The normalized spacial score (nSPS) is 17.0. The standard InChI is InChI=1S/C22H21ClFNO5/c1-29-18-4-2-3-17(12-18)25-13-15(11-20(25)26)22(28)30-19(9-10-23)21(27)14-5-7-16(24)8-6-14/h2-8,12,15,19H,9-11,13H2,1H3/t15-,19+/m0/s1. The first kappa shape index (κ1) is 21.8. The van der Waals surface area contributed by atoms with E-state index in [2.05, 4.69) is 0 Å². The van der Waals surface area contributed by atoms with E-state index in [1.807, 2.05) is 0 Å². The predicted octanol–water partition coefficient (Wildman–Crippen LogP) is 3.61. The molecule has 2 aromatic carbocycles. The van der Waals surface area contributed by atoms with Crippen LogP contribution in [-0.2, 0) is 14.3 Å². The van der Waals surface area contributed by atoms with Crippen molar-refractivity contribution in [2.45, 2.75) is 18.9 Å². The Morgan fingerprint density at radius 2 is 1.97 bits per heavy atom. The van der Waals surface area contributed by atoms with Crippen LogP contribution in [0.4, 0.5) is 10.1 Å². The summed E-state index contributed by atoms with van der Waals surface area (Å²) >= 11 is 5.77. The number of ether oxygens (including phenoxy) is 2. The van der Waals surface area contributed by atoms with Crippen LogP contribution in [0, 0.1) is 11.7 Å². The maximum atomic E-state index is 13.1. The molecule has 158 valence electrons. The summed E-state index contributed by atoms with van der Waals surface area (Å²) in [5, 5.41) is 0. The monoisotopic (exact) mass is 433 g/mol. The van der Waals surface area contributed by atoms with E-state index < -0.39 is 29.6 Å². The second kappa shape index (κ2) is 9.71. The van der Waals surface area contributed by atoms with Gasteiger partial charge < -0.3 is 14.4 Å². The van der Waals surface area contributed by atoms with Crippen LogP contribution in [-0.4, -0.2) is 43.3 Å². The van der Waals surface area contributed by atoms with Gasteiger partial charge in [-0.2, -0.15) is 0 Å². The van der Waals surface area contributed by atoms with Crippen molar-refractivity contribution in [1.29, 1.82) is 0 Å². The highest BCUT2D eigenvalue weighted by atomic mass is 35.5. The van der Waals surface area contributed by atoms with Crippen molar-refractivity contribution in [3.8, 4) is 5.75 Å². The minimum Gasteiger partial charge on any atom is -0.497 e. The molecule has 3 rings (SSSR count). The Morgan fingerprint density at radius 1 is 1.23 bits per heavy atom. The van der Waals surface area contributed by atoms with E-state index in [1.54, 1.807) is 24.3 Å². The van der Waals surface area contributed by atoms with Crippen LogP contribution in [0.3, 0.4) is 0 Å². The largest absolute Gasteiger partial charge is 0.497 e. The minimum absolute atomic E-state index is 0.0195. The van der Waals surface area contributed by atoms with Crippen molar-refractivity contribution in [3.05, 3.63) is 59.9 Å². The van der Waals surface area contributed by atoms with Gasteiger partial charge in [-0.15, -0.1) is 11.6 Å². The van der Waals surface area contributed by atoms with E-state index in [0.29, 0.717) is 11.4 Å². The lowest BCUT2D eigenvalue weighted by Gasteiger charge is -2.19. The van der Waals surface area contributed by atoms with Crippen LogP contribution >= 0.6 is 11.6 Å². The highest BCUT2D eigenvalue weighted by Crippen LogP contribution is 2.29. The number of esters is 1. The van der Waals surface area contributed by atoms with E-state index in [1.165, 1.54) is 24.1 Å². The molecular formula is C22H21ClFNO5. The zero-order valence-corrected chi connectivity index (χ0v) is 17.1. The third-order valence-electron chi connectivity index (χ3n) is 4.87. The number of carbonyl (C=O) groups excluding carboxylic acids is 3. The SMILES string of the molecule is COc1cccc(N2C[C@@H](C(=O)O[C@H](CCCl)C(=O)c3ccc(F)cc3)CC2=O)c1. The zero-order chi connectivity index (χ0) is 21.7. The van der Waals surface area contributed by atoms with Crippen molar-refractivity contribution < 1.29 is 28.2 Å². The molecule has 2 aromatic rings. The molecule has 8 heteroatoms. The fraction of sp³-hybridized carbons (Fsp3) is 0.318. The first-order valence-corrected chi connectivity index (χ1v) is 9.97. The van der Waals surface area contributed by atoms with Gasteiger partial charge in [0.25, 0.3) is 0 Å². The summed E-state index contributed by atoms with van der Waals surface area (Å²) in [6, 6.07) is 12.0. The summed E-state index contributed by atoms with van der Waals surface area (Å²) in [6.45, 7) is 0.142. The number of benzene rings is 2. The number of Topliss-reactive ketones (excluding diaryl/α,β-unsaturated/α-hetero) is 1. The van der Waals surface area contributed by atoms with E-state index in [-0.39, 0.29) is 36.7 Å². The first-order valence-electron chi connectivity index (χ1n) is 9.43. The number of rotatable bonds is 8. The average Bonchev–Trinajstić information content (AvgIpc) is 3.15. The summed E-state index contributed by atoms with van der Waals surface area (Å²) in [5.74, 6) is -1.80. The summed E-state index contributed by atoms with van der Waals surface area (Å²) in [4.78, 5) is 39.3. The van der Waals surface area contributed by atoms with Gasteiger partial charge in [-0.25, -0.2) is 4.39 Å². The molecule has 30 heavy (non-hydrogen) atoms. The summed E-state index contributed by atoms with van der Waals surface area (Å²) in [7, 11) is 1.53. The molecule has 0 radical (unpaired) electrons. The van der Waals surface area contributed by atoms with Crippen molar-refractivity contribution in [2.24, 2.45) is 5.92 Å². The van der Waals surface area contributed by atoms with Gasteiger partial charge >= 0.3 is 5.97 Å². The van der Waals surface area contributed by atoms with E-state index in [9.17, 15) is 18.8 Å². The number of carbonyl (C=O) groups is 3. The molecule has 0 aliphatic carbocycles. The fourth-order valence-electron chi connectivity index (χ4n) is 3.27. The van der Waals surface area contributed by atoms with Crippen LogP contribution in [0.25, 0.3) is 0 Å². The minimum atomic E-state index is -1.10. The van der Waals surface area contributed by atoms with Crippen molar-refractivity contribution in [3.63, 3.8) is 0 Å². The molecule has 0 unspecified atom stereocenters. The Balaban J connectivity index is 1.69. The maximum Gasteiger partial charge on any atom is 0.312 e. The molecule has 0 aromatic heterocycles. The highest BCUT2D eigenvalue weighted by Gasteiger charge is 2.38. The first-order chi connectivity index (χ1) is 14.4. The molecule has 1 aliphatic rings. The van der Waals surface area contributed by atoms with Gasteiger partial charge in [0, 0.05) is 42.6 Å². The molecule has 1 heterocycles. The number of hydrogen-bond acceptors (Lipinski definition) is 5. The van der Waals surface area contributed by atoms with Crippen LogP contribution in [0.15, 0.2) is 48.5 Å². The molecule has 1 saturated heterocycles. The van der Waals surface area contributed by atoms with Gasteiger partial charge in [-0.05, 0) is 36.4 Å². The number of methoxy groups -OCH3 is 1. The molecular weight excluding hydrogens is 413 g/mol. The predicted molar refractivity (Wildman–Crippen MR) is 109 cm³/mol. The number of amides is 1. The maximum absolute atomic E-state index is 13.1. The van der Waals surface area contributed by atoms with Crippen molar-refractivity contribution in [1.82, 2.24) is 0 Å². The third kappa shape index (κ3) is 4.97. The van der Waals surface area contributed by atoms with Crippen LogP contribution in [0.1, 0.15) is 23.2 Å². The lowest BCUT2D eigenvalue weighted by Crippen LogP contribution is -2.32. The summed E-state index contributed by atoms with van der Waals surface area (Å²) in [5.41, 5.74) is 0.842. The van der Waals surface area contributed by atoms with Gasteiger partial charge in [0.1, 0.15) is 11.6 Å². The van der Waals surface area contributed by atoms with E-state index in [4.69, 9.17) is 21.1 Å². The van der Waals surface area contributed by atoms with Gasteiger partial charge in [0.15, 0.2) is 6.10 Å². The molecule has 1 amide bonds. The number of alkyl halides is 1. The zero-order valence-electron chi connectivity index (χ0n) is 16.3. The Bertz CT molecular complexity index is 933. The molecule has 0 bridgehead atoms. The number of ketones is 1. The number of anilines is 1. The number of nitrogens with zero attached hydrogens (tertiary/aromatic N) is 1. The summed E-state index contributed by atoms with van der Waals surface area (Å²) < 4.78 is 23.7. The molecule has 1 aliphatic heterocycles. The summed E-state index contributed by atoms with van der Waals surface area (Å²) in [6.07, 6.45) is -1.00. The molecule has 0 spiro atoms. The highest BCUT2D eigenvalue weighted by molar-refractivity contribution is 6.18. The molecule has 0 saturated carbocycles. The van der Waals surface area contributed by atoms with Crippen LogP contribution in [0.2, 0.25) is 0 Å². The van der Waals surface area contributed by atoms with Gasteiger partial charge in [-0.1, -0.05) is 6.07 Å². The molecule has 6 nitrogen and oxygen atoms in total. The third-order valence-corrected chi connectivity index (χ3v) is 5.09. The molecule has 1 fully saturated rings. The van der Waals surface area contributed by atoms with Gasteiger partial charge in [-0.3, -0.25) is 14.4 Å². The Morgan fingerprint density at radius 3 is 2.63 bits per heavy atom. The quantitative estimate of drug-likeness (QED) is 0.361. The van der Waals surface area contributed by atoms with Gasteiger partial charge in [0.05, 0.1) is 13.0 Å². The topological polar surface area (TPSA) is 72.9 Å². The smallest absolute Gasteiger partial charge is 0.312 e. The fourth-order valence-corrected chi connectivity index (χ4v) is 3.47. The van der Waals surface area contributed by atoms with E-state index in [0.717, 1.165) is 12.1 Å². The number of halogens is 2. The van der Waals surface area contributed by atoms with Crippen LogP contribution in [0.5, 0.6) is 5.75 Å². The Kier molecular flexibility index (Phi) is 7.05.